The van der Waals surface area contributed by atoms with Crippen molar-refractivity contribution in [2.24, 2.45) is 0 Å². The maximum absolute atomic E-state index is 5.96. The Bertz CT molecular complexity index is 632. The summed E-state index contributed by atoms with van der Waals surface area (Å²) in [5.41, 5.74) is 22.8. The Hall–Kier alpha value is -2.62. The van der Waals surface area contributed by atoms with Crippen molar-refractivity contribution < 1.29 is 0 Å². The number of nitrogens with one attached hydrogen (secondary N) is 1. The van der Waals surface area contributed by atoms with Gasteiger partial charge in [-0.2, -0.15) is 0 Å². The normalized spacial score (nSPS) is 10.8. The molecule has 0 aromatic heterocycles. The highest BCUT2D eigenvalue weighted by atomic mass is 14.9. The third kappa shape index (κ3) is 3.23. The van der Waals surface area contributed by atoms with Gasteiger partial charge in [-0.3, -0.25) is 0 Å². The Morgan fingerprint density at radius 1 is 1.05 bits per heavy atom. The minimum atomic E-state index is 0.692. The van der Waals surface area contributed by atoms with Gasteiger partial charge >= 0.3 is 0 Å². The molecule has 0 saturated carbocycles. The topological polar surface area (TPSA) is 90.1 Å². The lowest BCUT2D eigenvalue weighted by Crippen LogP contribution is -2.00. The van der Waals surface area contributed by atoms with Crippen LogP contribution >= 0.6 is 0 Å². The first kappa shape index (κ1) is 13.8. The zero-order valence-corrected chi connectivity index (χ0v) is 11.6. The molecular weight excluding hydrogens is 248 g/mol. The third-order valence-electron chi connectivity index (χ3n) is 3.19. The van der Waals surface area contributed by atoms with Crippen LogP contribution in [-0.4, -0.2) is 6.54 Å². The average molecular weight is 268 g/mol. The van der Waals surface area contributed by atoms with E-state index < -0.39 is 0 Å². The standard InChI is InChI=1S/C16H20N4/c1-11-14(16(19)8-7-15(11)18)6-3-9-20-13-5-2-4-12(17)10-13/h2-8,10,20H,9,17-19H2,1H3/b6-3+. The molecule has 2 aromatic carbocycles. The molecule has 0 unspecified atom stereocenters. The lowest BCUT2D eigenvalue weighted by molar-refractivity contribution is 1.34. The summed E-state index contributed by atoms with van der Waals surface area (Å²) >= 11 is 0. The highest BCUT2D eigenvalue weighted by molar-refractivity contribution is 5.73. The van der Waals surface area contributed by atoms with E-state index in [1.54, 1.807) is 0 Å². The molecule has 104 valence electrons. The molecule has 0 aliphatic heterocycles. The Balaban J connectivity index is 2.02. The van der Waals surface area contributed by atoms with E-state index >= 15 is 0 Å². The summed E-state index contributed by atoms with van der Waals surface area (Å²) in [4.78, 5) is 0. The van der Waals surface area contributed by atoms with E-state index in [9.17, 15) is 0 Å². The first-order valence-corrected chi connectivity index (χ1v) is 6.48. The number of hydrogen-bond donors (Lipinski definition) is 4. The summed E-state index contributed by atoms with van der Waals surface area (Å²) < 4.78 is 0. The van der Waals surface area contributed by atoms with Crippen LogP contribution in [-0.2, 0) is 0 Å². The van der Waals surface area contributed by atoms with Gasteiger partial charge in [-0.05, 0) is 42.8 Å². The van der Waals surface area contributed by atoms with E-state index in [1.807, 2.05) is 55.5 Å². The van der Waals surface area contributed by atoms with Gasteiger partial charge < -0.3 is 22.5 Å². The summed E-state index contributed by atoms with van der Waals surface area (Å²) in [7, 11) is 0. The van der Waals surface area contributed by atoms with Gasteiger partial charge in [-0.1, -0.05) is 18.2 Å². The second kappa shape index (κ2) is 6.02. The molecule has 2 rings (SSSR count). The molecule has 4 nitrogen and oxygen atoms in total. The quantitative estimate of drug-likeness (QED) is 0.642. The number of benzene rings is 2. The molecule has 0 aliphatic carbocycles. The first-order chi connectivity index (χ1) is 9.58. The van der Waals surface area contributed by atoms with E-state index in [1.165, 1.54) is 0 Å². The fourth-order valence-corrected chi connectivity index (χ4v) is 1.99. The van der Waals surface area contributed by atoms with Crippen molar-refractivity contribution in [3.63, 3.8) is 0 Å². The van der Waals surface area contributed by atoms with Crippen molar-refractivity contribution in [1.29, 1.82) is 0 Å². The molecule has 0 saturated heterocycles. The Labute approximate surface area is 119 Å². The molecular formula is C16H20N4. The average Bonchev–Trinajstić information content (AvgIpc) is 2.42. The molecule has 0 bridgehead atoms. The number of anilines is 4. The lowest BCUT2D eigenvalue weighted by Gasteiger charge is -2.08. The zero-order chi connectivity index (χ0) is 14.5. The van der Waals surface area contributed by atoms with Gasteiger partial charge in [0.1, 0.15) is 0 Å². The molecule has 0 radical (unpaired) electrons. The molecule has 0 amide bonds. The minimum absolute atomic E-state index is 0.692. The summed E-state index contributed by atoms with van der Waals surface area (Å²) in [6.45, 7) is 2.66. The van der Waals surface area contributed by atoms with Crippen LogP contribution in [0.4, 0.5) is 22.7 Å². The molecule has 0 aliphatic rings. The van der Waals surface area contributed by atoms with Crippen LogP contribution in [0.15, 0.2) is 42.5 Å². The van der Waals surface area contributed by atoms with Crippen LogP contribution in [0.25, 0.3) is 6.08 Å². The first-order valence-electron chi connectivity index (χ1n) is 6.48. The van der Waals surface area contributed by atoms with Crippen LogP contribution < -0.4 is 22.5 Å². The van der Waals surface area contributed by atoms with Crippen molar-refractivity contribution in [3.8, 4) is 0 Å². The Morgan fingerprint density at radius 2 is 1.80 bits per heavy atom. The van der Waals surface area contributed by atoms with E-state index in [0.717, 1.165) is 33.9 Å². The number of nitrogen functional groups attached to an aromatic ring is 3. The second-order valence-corrected chi connectivity index (χ2v) is 4.69. The van der Waals surface area contributed by atoms with Gasteiger partial charge in [-0.25, -0.2) is 0 Å². The monoisotopic (exact) mass is 268 g/mol. The summed E-state index contributed by atoms with van der Waals surface area (Å²) in [6.07, 6.45) is 4.00. The van der Waals surface area contributed by atoms with E-state index in [0.29, 0.717) is 6.54 Å². The molecule has 0 spiro atoms. The molecule has 7 N–H and O–H groups in total. The number of nitrogens with two attached hydrogens (primary N) is 3. The summed E-state index contributed by atoms with van der Waals surface area (Å²) in [6, 6.07) is 11.3. The Morgan fingerprint density at radius 3 is 2.55 bits per heavy atom. The molecule has 20 heavy (non-hydrogen) atoms. The third-order valence-corrected chi connectivity index (χ3v) is 3.19. The van der Waals surface area contributed by atoms with Gasteiger partial charge in [0.05, 0.1) is 0 Å². The predicted octanol–water partition coefficient (Wildman–Crippen LogP) is 2.87. The van der Waals surface area contributed by atoms with E-state index in [-0.39, 0.29) is 0 Å². The highest BCUT2D eigenvalue weighted by Gasteiger charge is 2.02. The molecule has 4 heteroatoms. The maximum Gasteiger partial charge on any atom is 0.0391 e. The fourth-order valence-electron chi connectivity index (χ4n) is 1.99. The highest BCUT2D eigenvalue weighted by Crippen LogP contribution is 2.23. The molecule has 0 atom stereocenters. The van der Waals surface area contributed by atoms with Gasteiger partial charge in [-0.15, -0.1) is 0 Å². The SMILES string of the molecule is Cc1c(N)ccc(N)c1/C=C/CNc1cccc(N)c1. The molecule has 0 fully saturated rings. The lowest BCUT2D eigenvalue weighted by atomic mass is 10.0. The number of rotatable bonds is 4. The maximum atomic E-state index is 5.96. The van der Waals surface area contributed by atoms with E-state index in [4.69, 9.17) is 17.2 Å². The second-order valence-electron chi connectivity index (χ2n) is 4.69. The smallest absolute Gasteiger partial charge is 0.0391 e. The van der Waals surface area contributed by atoms with Gasteiger partial charge in [0, 0.05) is 34.9 Å². The predicted molar refractivity (Wildman–Crippen MR) is 88.4 cm³/mol. The van der Waals surface area contributed by atoms with Crippen LogP contribution in [0.3, 0.4) is 0 Å². The Kier molecular flexibility index (Phi) is 4.15. The van der Waals surface area contributed by atoms with Crippen molar-refractivity contribution in [2.75, 3.05) is 29.1 Å². The summed E-state index contributed by atoms with van der Waals surface area (Å²) in [5, 5.41) is 3.27. The van der Waals surface area contributed by atoms with Gasteiger partial charge in [0.15, 0.2) is 0 Å². The van der Waals surface area contributed by atoms with Crippen LogP contribution in [0.2, 0.25) is 0 Å². The van der Waals surface area contributed by atoms with E-state index in [2.05, 4.69) is 5.32 Å². The van der Waals surface area contributed by atoms with Gasteiger partial charge in [0.2, 0.25) is 0 Å². The molecule has 0 heterocycles. The van der Waals surface area contributed by atoms with Crippen molar-refractivity contribution in [1.82, 2.24) is 0 Å². The fraction of sp³-hybridized carbons (Fsp3) is 0.125. The van der Waals surface area contributed by atoms with Crippen LogP contribution in [0.1, 0.15) is 11.1 Å². The molecule has 2 aromatic rings. The van der Waals surface area contributed by atoms with Gasteiger partial charge in [0.25, 0.3) is 0 Å². The van der Waals surface area contributed by atoms with Crippen molar-refractivity contribution in [3.05, 3.63) is 53.6 Å². The van der Waals surface area contributed by atoms with Crippen LogP contribution in [0.5, 0.6) is 0 Å². The minimum Gasteiger partial charge on any atom is -0.399 e. The number of hydrogen-bond acceptors (Lipinski definition) is 4. The van der Waals surface area contributed by atoms with Crippen molar-refractivity contribution in [2.45, 2.75) is 6.92 Å². The largest absolute Gasteiger partial charge is 0.399 e. The van der Waals surface area contributed by atoms with Crippen molar-refractivity contribution >= 4 is 28.8 Å². The summed E-state index contributed by atoms with van der Waals surface area (Å²) in [5.74, 6) is 0. The zero-order valence-electron chi connectivity index (χ0n) is 11.6. The van der Waals surface area contributed by atoms with Crippen LogP contribution in [0, 0.1) is 6.92 Å².